The molecule has 1 aliphatic heterocycles. The third kappa shape index (κ3) is 4.50. The molecule has 0 unspecified atom stereocenters. The van der Waals surface area contributed by atoms with Crippen molar-refractivity contribution in [2.45, 2.75) is 45.4 Å². The zero-order valence-electron chi connectivity index (χ0n) is 19.7. The molecule has 1 saturated heterocycles. The van der Waals surface area contributed by atoms with Crippen LogP contribution < -0.4 is 21.5 Å². The smallest absolute Gasteiger partial charge is 0.407 e. The summed E-state index contributed by atoms with van der Waals surface area (Å²) in [5.41, 5.74) is 0.354. The number of fused-ring (bicyclic) bond motifs is 1. The van der Waals surface area contributed by atoms with E-state index in [2.05, 4.69) is 5.32 Å². The molecule has 0 radical (unpaired) electrons. The number of amides is 1. The van der Waals surface area contributed by atoms with Crippen molar-refractivity contribution in [1.29, 1.82) is 0 Å². The van der Waals surface area contributed by atoms with E-state index in [1.165, 1.54) is 11.6 Å². The molecule has 4 rings (SSSR count). The topological polar surface area (TPSA) is 103 Å². The van der Waals surface area contributed by atoms with E-state index in [1.54, 1.807) is 7.05 Å². The van der Waals surface area contributed by atoms with Crippen molar-refractivity contribution < 1.29 is 9.53 Å². The number of benzene rings is 1. The number of hydrogen-bond acceptors (Lipinski definition) is 6. The van der Waals surface area contributed by atoms with Crippen molar-refractivity contribution in [3.05, 3.63) is 56.7 Å². The first-order valence-electron chi connectivity index (χ1n) is 11.0. The fourth-order valence-electron chi connectivity index (χ4n) is 4.13. The average Bonchev–Trinajstić information content (AvgIpc) is 3.35. The van der Waals surface area contributed by atoms with Gasteiger partial charge in [0.05, 0.1) is 12.6 Å². The maximum atomic E-state index is 13.1. The summed E-state index contributed by atoms with van der Waals surface area (Å²) in [4.78, 5) is 44.5. The van der Waals surface area contributed by atoms with Crippen LogP contribution in [-0.4, -0.2) is 49.5 Å². The van der Waals surface area contributed by atoms with E-state index < -0.39 is 17.4 Å². The number of imidazole rings is 1. The number of anilines is 1. The van der Waals surface area contributed by atoms with Crippen LogP contribution in [0.4, 0.5) is 10.7 Å². The highest BCUT2D eigenvalue weighted by atomic mass is 16.6. The summed E-state index contributed by atoms with van der Waals surface area (Å²) in [5.74, 6) is 0.598. The molecular weight excluding hydrogens is 424 g/mol. The molecule has 0 aliphatic carbocycles. The average molecular weight is 455 g/mol. The second-order valence-electron chi connectivity index (χ2n) is 9.44. The molecule has 1 aliphatic rings. The Morgan fingerprint density at radius 3 is 2.52 bits per heavy atom. The van der Waals surface area contributed by atoms with Crippen molar-refractivity contribution in [2.75, 3.05) is 18.0 Å². The normalized spacial score (nSPS) is 16.4. The molecule has 1 aromatic carbocycles. The zero-order valence-corrected chi connectivity index (χ0v) is 19.7. The summed E-state index contributed by atoms with van der Waals surface area (Å²) in [5, 5.41) is 2.92. The molecular formula is C23H30N6O4. The van der Waals surface area contributed by atoms with Gasteiger partial charge in [-0.2, -0.15) is 4.98 Å². The fraction of sp³-hybridized carbons (Fsp3) is 0.478. The van der Waals surface area contributed by atoms with Gasteiger partial charge in [0.1, 0.15) is 5.60 Å². The van der Waals surface area contributed by atoms with Gasteiger partial charge in [0.25, 0.3) is 5.56 Å². The Bertz CT molecular complexity index is 1300. The molecule has 1 N–H and O–H groups in total. The Hall–Kier alpha value is -3.56. The SMILES string of the molecule is Cn1c(=O)c2c(nc(N3CC[C@H](NC(=O)OC(C)(C)C)C3)n2Cc2ccccc2)n(C)c1=O. The quantitative estimate of drug-likeness (QED) is 0.642. The third-order valence-corrected chi connectivity index (χ3v) is 5.70. The highest BCUT2D eigenvalue weighted by Gasteiger charge is 2.30. The first-order valence-corrected chi connectivity index (χ1v) is 11.0. The summed E-state index contributed by atoms with van der Waals surface area (Å²) in [6.07, 6.45) is 0.258. The van der Waals surface area contributed by atoms with Crippen LogP contribution in [0.25, 0.3) is 11.2 Å². The third-order valence-electron chi connectivity index (χ3n) is 5.70. The van der Waals surface area contributed by atoms with E-state index in [0.29, 0.717) is 43.2 Å². The second kappa shape index (κ2) is 8.42. The number of alkyl carbamates (subject to hydrolysis) is 1. The van der Waals surface area contributed by atoms with E-state index in [4.69, 9.17) is 9.72 Å². The molecule has 0 spiro atoms. The lowest BCUT2D eigenvalue weighted by Crippen LogP contribution is -2.40. The summed E-state index contributed by atoms with van der Waals surface area (Å²) < 4.78 is 9.74. The standard InChI is InChI=1S/C23H30N6O4/c1-23(2,3)33-21(31)24-16-11-12-28(14-16)20-25-18-17(19(30)27(5)22(32)26(18)4)29(20)13-15-9-7-6-8-10-15/h6-10,16H,11-14H2,1-5H3,(H,24,31)/t16-/m0/s1. The predicted octanol–water partition coefficient (Wildman–Crippen LogP) is 1.59. The molecule has 33 heavy (non-hydrogen) atoms. The van der Waals surface area contributed by atoms with Crippen molar-refractivity contribution >= 4 is 23.2 Å². The molecule has 1 amide bonds. The summed E-state index contributed by atoms with van der Waals surface area (Å²) in [7, 11) is 3.09. The largest absolute Gasteiger partial charge is 0.444 e. The predicted molar refractivity (Wildman–Crippen MR) is 126 cm³/mol. The monoisotopic (exact) mass is 454 g/mol. The number of nitrogens with zero attached hydrogens (tertiary/aromatic N) is 5. The van der Waals surface area contributed by atoms with Gasteiger partial charge in [-0.05, 0) is 32.8 Å². The second-order valence-corrected chi connectivity index (χ2v) is 9.44. The lowest BCUT2D eigenvalue weighted by Gasteiger charge is -2.22. The summed E-state index contributed by atoms with van der Waals surface area (Å²) in [6.45, 7) is 7.07. The maximum Gasteiger partial charge on any atom is 0.407 e. The van der Waals surface area contributed by atoms with E-state index in [1.807, 2.05) is 60.6 Å². The Morgan fingerprint density at radius 2 is 1.85 bits per heavy atom. The Labute approximate surface area is 191 Å². The van der Waals surface area contributed by atoms with Crippen LogP contribution in [0.5, 0.6) is 0 Å². The minimum absolute atomic E-state index is 0.114. The van der Waals surface area contributed by atoms with Crippen LogP contribution in [0, 0.1) is 0 Å². The van der Waals surface area contributed by atoms with Gasteiger partial charge in [-0.1, -0.05) is 30.3 Å². The highest BCUT2D eigenvalue weighted by molar-refractivity contribution is 5.75. The number of aromatic nitrogens is 4. The molecule has 0 bridgehead atoms. The number of hydrogen-bond donors (Lipinski definition) is 1. The van der Waals surface area contributed by atoms with Gasteiger partial charge in [-0.3, -0.25) is 18.5 Å². The number of ether oxygens (including phenoxy) is 1. The van der Waals surface area contributed by atoms with Crippen LogP contribution in [0.3, 0.4) is 0 Å². The molecule has 0 saturated carbocycles. The van der Waals surface area contributed by atoms with Crippen LogP contribution in [0.1, 0.15) is 32.8 Å². The van der Waals surface area contributed by atoms with Crippen molar-refractivity contribution in [2.24, 2.45) is 14.1 Å². The van der Waals surface area contributed by atoms with E-state index in [9.17, 15) is 14.4 Å². The molecule has 10 nitrogen and oxygen atoms in total. The fourth-order valence-corrected chi connectivity index (χ4v) is 4.13. The van der Waals surface area contributed by atoms with E-state index in [0.717, 1.165) is 10.1 Å². The Morgan fingerprint density at radius 1 is 1.15 bits per heavy atom. The van der Waals surface area contributed by atoms with Gasteiger partial charge in [-0.25, -0.2) is 9.59 Å². The zero-order chi connectivity index (χ0) is 23.9. The van der Waals surface area contributed by atoms with Gasteiger partial charge < -0.3 is 15.0 Å². The number of rotatable bonds is 4. The van der Waals surface area contributed by atoms with E-state index >= 15 is 0 Å². The number of aryl methyl sites for hydroxylation is 1. The molecule has 3 heterocycles. The first-order chi connectivity index (χ1) is 15.5. The molecule has 176 valence electrons. The maximum absolute atomic E-state index is 13.1. The number of carbonyl (C=O) groups is 1. The highest BCUT2D eigenvalue weighted by Crippen LogP contribution is 2.25. The first kappa shape index (κ1) is 22.6. The van der Waals surface area contributed by atoms with Gasteiger partial charge in [0.2, 0.25) is 5.95 Å². The van der Waals surface area contributed by atoms with Gasteiger partial charge >= 0.3 is 11.8 Å². The van der Waals surface area contributed by atoms with Crippen molar-refractivity contribution in [3.63, 3.8) is 0 Å². The molecule has 1 fully saturated rings. The van der Waals surface area contributed by atoms with Gasteiger partial charge in [0, 0.05) is 27.2 Å². The lowest BCUT2D eigenvalue weighted by atomic mass is 10.2. The summed E-state index contributed by atoms with van der Waals surface area (Å²) in [6, 6.07) is 9.68. The summed E-state index contributed by atoms with van der Waals surface area (Å²) >= 11 is 0. The molecule has 10 heteroatoms. The van der Waals surface area contributed by atoms with Crippen LogP contribution in [0.2, 0.25) is 0 Å². The Balaban J connectivity index is 1.72. The molecule has 2 aromatic heterocycles. The van der Waals surface area contributed by atoms with Crippen molar-refractivity contribution in [3.8, 4) is 0 Å². The molecule has 1 atom stereocenters. The van der Waals surface area contributed by atoms with Crippen LogP contribution >= 0.6 is 0 Å². The van der Waals surface area contributed by atoms with E-state index in [-0.39, 0.29) is 11.6 Å². The van der Waals surface area contributed by atoms with Crippen molar-refractivity contribution in [1.82, 2.24) is 24.0 Å². The van der Waals surface area contributed by atoms with Gasteiger partial charge in [-0.15, -0.1) is 0 Å². The minimum Gasteiger partial charge on any atom is -0.444 e. The van der Waals surface area contributed by atoms with Crippen LogP contribution in [0.15, 0.2) is 39.9 Å². The lowest BCUT2D eigenvalue weighted by molar-refractivity contribution is 0.0509. The molecule has 3 aromatic rings. The number of nitrogens with one attached hydrogen (secondary N) is 1. The minimum atomic E-state index is -0.573. The van der Waals surface area contributed by atoms with Gasteiger partial charge in [0.15, 0.2) is 11.2 Å². The van der Waals surface area contributed by atoms with Crippen LogP contribution in [-0.2, 0) is 25.4 Å². The Kier molecular flexibility index (Phi) is 5.77. The number of carbonyl (C=O) groups excluding carboxylic acids is 1.